The van der Waals surface area contributed by atoms with Crippen LogP contribution in [0.3, 0.4) is 0 Å². The topological polar surface area (TPSA) is 35.5 Å². The number of esters is 1. The number of benzene rings is 1. The van der Waals surface area contributed by atoms with Gasteiger partial charge in [0.1, 0.15) is 5.75 Å². The van der Waals surface area contributed by atoms with Crippen molar-refractivity contribution < 1.29 is 14.3 Å². The van der Waals surface area contributed by atoms with E-state index in [-0.39, 0.29) is 17.8 Å². The molecule has 0 radical (unpaired) electrons. The van der Waals surface area contributed by atoms with Crippen LogP contribution in [0, 0.1) is 5.92 Å². The van der Waals surface area contributed by atoms with Crippen molar-refractivity contribution >= 4 is 17.6 Å². The van der Waals surface area contributed by atoms with Crippen LogP contribution in [0.1, 0.15) is 32.3 Å². The summed E-state index contributed by atoms with van der Waals surface area (Å²) in [5.41, 5.74) is 0.776. The minimum atomic E-state index is -0.362. The number of methoxy groups -OCH3 is 1. The molecule has 1 aromatic rings. The maximum atomic E-state index is 12.0. The monoisotopic (exact) mass is 270 g/mol. The van der Waals surface area contributed by atoms with Gasteiger partial charge < -0.3 is 9.47 Å². The smallest absolute Gasteiger partial charge is 0.313 e. The molecule has 0 aliphatic carbocycles. The number of carbonyl (C=O) groups is 1. The number of rotatable bonds is 5. The Balaban J connectivity index is 3.20. The number of halogens is 1. The largest absolute Gasteiger partial charge is 0.496 e. The van der Waals surface area contributed by atoms with E-state index >= 15 is 0 Å². The summed E-state index contributed by atoms with van der Waals surface area (Å²) in [7, 11) is 1.58. The van der Waals surface area contributed by atoms with Crippen molar-refractivity contribution in [2.24, 2.45) is 5.92 Å². The molecule has 0 spiro atoms. The van der Waals surface area contributed by atoms with Crippen LogP contribution < -0.4 is 4.74 Å². The molecule has 3 nitrogen and oxygen atoms in total. The second-order valence-corrected chi connectivity index (χ2v) is 4.80. The van der Waals surface area contributed by atoms with E-state index in [1.165, 1.54) is 0 Å². The molecule has 0 fully saturated rings. The summed E-state index contributed by atoms with van der Waals surface area (Å²) in [6, 6.07) is 5.28. The van der Waals surface area contributed by atoms with E-state index in [1.54, 1.807) is 32.2 Å². The average molecular weight is 271 g/mol. The van der Waals surface area contributed by atoms with Crippen LogP contribution in [0.15, 0.2) is 18.2 Å². The Bertz CT molecular complexity index is 416. The Hall–Kier alpha value is -1.22. The quantitative estimate of drug-likeness (QED) is 0.766. The van der Waals surface area contributed by atoms with Crippen molar-refractivity contribution in [2.45, 2.75) is 26.7 Å². The lowest BCUT2D eigenvalue weighted by Gasteiger charge is -2.21. The molecule has 4 heteroatoms. The zero-order valence-electron chi connectivity index (χ0n) is 11.2. The highest BCUT2D eigenvalue weighted by molar-refractivity contribution is 6.30. The van der Waals surface area contributed by atoms with E-state index < -0.39 is 0 Å². The first-order valence-electron chi connectivity index (χ1n) is 6.01. The second-order valence-electron chi connectivity index (χ2n) is 4.36. The molecule has 0 amide bonds. The van der Waals surface area contributed by atoms with Gasteiger partial charge in [-0.05, 0) is 31.0 Å². The van der Waals surface area contributed by atoms with Crippen molar-refractivity contribution in [3.05, 3.63) is 28.8 Å². The van der Waals surface area contributed by atoms with Crippen LogP contribution in [0.2, 0.25) is 5.02 Å². The van der Waals surface area contributed by atoms with Crippen molar-refractivity contribution in [3.8, 4) is 5.75 Å². The first-order chi connectivity index (χ1) is 8.51. The Morgan fingerprint density at radius 1 is 1.39 bits per heavy atom. The first-order valence-corrected chi connectivity index (χ1v) is 6.39. The standard InChI is InChI=1S/C14H19ClO3/c1-5-18-14(16)13(9(2)3)11-8-10(15)6-7-12(11)17-4/h6-9,13H,5H2,1-4H3. The molecule has 0 aromatic heterocycles. The highest BCUT2D eigenvalue weighted by atomic mass is 35.5. The minimum absolute atomic E-state index is 0.108. The van der Waals surface area contributed by atoms with Crippen LogP contribution in [0.5, 0.6) is 5.75 Å². The number of hydrogen-bond donors (Lipinski definition) is 0. The van der Waals surface area contributed by atoms with Crippen LogP contribution in [-0.4, -0.2) is 19.7 Å². The van der Waals surface area contributed by atoms with Crippen molar-refractivity contribution in [3.63, 3.8) is 0 Å². The van der Waals surface area contributed by atoms with Gasteiger partial charge in [0, 0.05) is 10.6 Å². The molecule has 0 saturated carbocycles. The lowest BCUT2D eigenvalue weighted by atomic mass is 9.88. The minimum Gasteiger partial charge on any atom is -0.496 e. The Morgan fingerprint density at radius 2 is 2.06 bits per heavy atom. The van der Waals surface area contributed by atoms with Crippen LogP contribution >= 0.6 is 11.6 Å². The van der Waals surface area contributed by atoms with Gasteiger partial charge in [-0.15, -0.1) is 0 Å². The average Bonchev–Trinajstić information content (AvgIpc) is 2.29. The predicted octanol–water partition coefficient (Wildman–Crippen LogP) is 3.65. The van der Waals surface area contributed by atoms with Gasteiger partial charge in [-0.1, -0.05) is 25.4 Å². The van der Waals surface area contributed by atoms with Gasteiger partial charge in [0.05, 0.1) is 19.6 Å². The molecule has 1 atom stereocenters. The van der Waals surface area contributed by atoms with Gasteiger partial charge in [0.15, 0.2) is 0 Å². The predicted molar refractivity (Wildman–Crippen MR) is 72.2 cm³/mol. The van der Waals surface area contributed by atoms with E-state index in [9.17, 15) is 4.79 Å². The fraction of sp³-hybridized carbons (Fsp3) is 0.500. The summed E-state index contributed by atoms with van der Waals surface area (Å²) >= 11 is 6.00. The number of ether oxygens (including phenoxy) is 2. The number of hydrogen-bond acceptors (Lipinski definition) is 3. The summed E-state index contributed by atoms with van der Waals surface area (Å²) in [6.45, 7) is 6.11. The molecule has 0 bridgehead atoms. The van der Waals surface area contributed by atoms with E-state index in [2.05, 4.69) is 0 Å². The third-order valence-corrected chi connectivity index (χ3v) is 2.97. The molecule has 0 aliphatic heterocycles. The molecular formula is C14H19ClO3. The van der Waals surface area contributed by atoms with E-state index in [0.717, 1.165) is 5.56 Å². The molecule has 0 aliphatic rings. The molecule has 1 rings (SSSR count). The molecule has 1 aromatic carbocycles. The van der Waals surface area contributed by atoms with Gasteiger partial charge >= 0.3 is 5.97 Å². The van der Waals surface area contributed by atoms with Gasteiger partial charge in [0.25, 0.3) is 0 Å². The Kier molecular flexibility index (Phi) is 5.48. The summed E-state index contributed by atoms with van der Waals surface area (Å²) in [6.07, 6.45) is 0. The van der Waals surface area contributed by atoms with E-state index in [0.29, 0.717) is 17.4 Å². The van der Waals surface area contributed by atoms with Gasteiger partial charge in [-0.3, -0.25) is 4.79 Å². The molecule has 0 heterocycles. The zero-order chi connectivity index (χ0) is 13.7. The van der Waals surface area contributed by atoms with Gasteiger partial charge in [0.2, 0.25) is 0 Å². The van der Waals surface area contributed by atoms with Gasteiger partial charge in [-0.2, -0.15) is 0 Å². The van der Waals surface area contributed by atoms with Crippen molar-refractivity contribution in [2.75, 3.05) is 13.7 Å². The first kappa shape index (κ1) is 14.8. The maximum Gasteiger partial charge on any atom is 0.313 e. The highest BCUT2D eigenvalue weighted by Gasteiger charge is 2.28. The molecular weight excluding hydrogens is 252 g/mol. The summed E-state index contributed by atoms with van der Waals surface area (Å²) in [5.74, 6) is 0.161. The van der Waals surface area contributed by atoms with Gasteiger partial charge in [-0.25, -0.2) is 0 Å². The van der Waals surface area contributed by atoms with E-state index in [4.69, 9.17) is 21.1 Å². The molecule has 18 heavy (non-hydrogen) atoms. The molecule has 100 valence electrons. The summed E-state index contributed by atoms with van der Waals surface area (Å²) in [5, 5.41) is 0.584. The van der Waals surface area contributed by atoms with Crippen LogP contribution in [0.25, 0.3) is 0 Å². The highest BCUT2D eigenvalue weighted by Crippen LogP contribution is 2.34. The molecule has 1 unspecified atom stereocenters. The van der Waals surface area contributed by atoms with Crippen molar-refractivity contribution in [1.29, 1.82) is 0 Å². The SMILES string of the molecule is CCOC(=O)C(c1cc(Cl)ccc1OC)C(C)C. The Labute approximate surface area is 113 Å². The zero-order valence-corrected chi connectivity index (χ0v) is 12.0. The van der Waals surface area contributed by atoms with E-state index in [1.807, 2.05) is 13.8 Å². The second kappa shape index (κ2) is 6.64. The normalized spacial score (nSPS) is 12.3. The van der Waals surface area contributed by atoms with Crippen LogP contribution in [-0.2, 0) is 9.53 Å². The van der Waals surface area contributed by atoms with Crippen LogP contribution in [0.4, 0.5) is 0 Å². The third kappa shape index (κ3) is 3.39. The fourth-order valence-corrected chi connectivity index (χ4v) is 2.12. The fourth-order valence-electron chi connectivity index (χ4n) is 1.94. The lowest BCUT2D eigenvalue weighted by Crippen LogP contribution is -2.21. The summed E-state index contributed by atoms with van der Waals surface area (Å²) in [4.78, 5) is 12.0. The summed E-state index contributed by atoms with van der Waals surface area (Å²) < 4.78 is 10.4. The third-order valence-electron chi connectivity index (χ3n) is 2.73. The number of carbonyl (C=O) groups excluding carboxylic acids is 1. The molecule has 0 N–H and O–H groups in total. The van der Waals surface area contributed by atoms with Crippen molar-refractivity contribution in [1.82, 2.24) is 0 Å². The maximum absolute atomic E-state index is 12.0. The lowest BCUT2D eigenvalue weighted by molar-refractivity contribution is -0.146. The molecule has 0 saturated heterocycles. The Morgan fingerprint density at radius 3 is 2.56 bits per heavy atom.